The highest BCUT2D eigenvalue weighted by Crippen LogP contribution is 2.40. The van der Waals surface area contributed by atoms with Crippen molar-refractivity contribution in [2.24, 2.45) is 0 Å². The van der Waals surface area contributed by atoms with Gasteiger partial charge in [0.25, 0.3) is 0 Å². The zero-order chi connectivity index (χ0) is 21.1. The molecule has 156 valence electrons. The van der Waals surface area contributed by atoms with E-state index in [-0.39, 0.29) is 12.1 Å². The number of pyridine rings is 2. The van der Waals surface area contributed by atoms with Crippen molar-refractivity contribution in [2.75, 3.05) is 27.2 Å². The molecule has 6 nitrogen and oxygen atoms in total. The largest absolute Gasteiger partial charge is 0.352 e. The average Bonchev–Trinajstić information content (AvgIpc) is 3.29. The zero-order valence-electron chi connectivity index (χ0n) is 17.7. The quantitative estimate of drug-likeness (QED) is 0.591. The molecule has 0 amide bonds. The fourth-order valence-electron chi connectivity index (χ4n) is 4.15. The van der Waals surface area contributed by atoms with E-state index in [1.165, 1.54) is 11.4 Å². The van der Waals surface area contributed by atoms with Crippen LogP contribution in [0.5, 0.6) is 0 Å². The van der Waals surface area contributed by atoms with Crippen molar-refractivity contribution in [3.8, 4) is 5.69 Å². The molecular weight excluding hydrogens is 392 g/mol. The van der Waals surface area contributed by atoms with E-state index in [1.807, 2.05) is 30.6 Å². The molecule has 30 heavy (non-hydrogen) atoms. The molecule has 0 saturated carbocycles. The number of thiocarbonyl (C=S) groups is 1. The van der Waals surface area contributed by atoms with Gasteiger partial charge in [-0.05, 0) is 82.6 Å². The third-order valence-corrected chi connectivity index (χ3v) is 5.87. The number of nitrogens with zero attached hydrogens (tertiary/aromatic N) is 5. The van der Waals surface area contributed by atoms with Crippen molar-refractivity contribution in [1.29, 1.82) is 0 Å². The lowest BCUT2D eigenvalue weighted by atomic mass is 10.0. The van der Waals surface area contributed by atoms with Crippen molar-refractivity contribution < 1.29 is 0 Å². The summed E-state index contributed by atoms with van der Waals surface area (Å²) in [5.74, 6) is 0. The van der Waals surface area contributed by atoms with Gasteiger partial charge in [-0.1, -0.05) is 6.07 Å². The maximum absolute atomic E-state index is 5.79. The standard InChI is InChI=1S/C23H28N6S/c1-17-10-11-20(29(17)18-8-6-12-24-16-18)22-21(19-9-4-5-13-25-19)26-23(30)28(22)15-7-14-27(2)3/h4-6,8-13,16,21-22H,7,14-15H2,1-3H3,(H,26,30)/t21-,22+/m0/s1. The van der Waals surface area contributed by atoms with Crippen LogP contribution in [0.2, 0.25) is 0 Å². The molecule has 0 bridgehead atoms. The van der Waals surface area contributed by atoms with Gasteiger partial charge in [0.1, 0.15) is 0 Å². The normalized spacial score (nSPS) is 18.8. The predicted octanol–water partition coefficient (Wildman–Crippen LogP) is 3.50. The van der Waals surface area contributed by atoms with Crippen LogP contribution in [-0.2, 0) is 0 Å². The molecule has 1 fully saturated rings. The highest BCUT2D eigenvalue weighted by Gasteiger charge is 2.41. The van der Waals surface area contributed by atoms with Gasteiger partial charge in [-0.25, -0.2) is 0 Å². The van der Waals surface area contributed by atoms with E-state index in [1.54, 1.807) is 6.20 Å². The van der Waals surface area contributed by atoms with Gasteiger partial charge < -0.3 is 19.7 Å². The molecule has 4 heterocycles. The molecule has 0 unspecified atom stereocenters. The summed E-state index contributed by atoms with van der Waals surface area (Å²) in [5.41, 5.74) is 4.41. The average molecular weight is 421 g/mol. The first-order valence-electron chi connectivity index (χ1n) is 10.3. The Morgan fingerprint density at radius 2 is 1.97 bits per heavy atom. The Bertz CT molecular complexity index is 985. The van der Waals surface area contributed by atoms with Crippen molar-refractivity contribution in [2.45, 2.75) is 25.4 Å². The lowest BCUT2D eigenvalue weighted by Crippen LogP contribution is -2.33. The van der Waals surface area contributed by atoms with E-state index in [0.29, 0.717) is 0 Å². The molecule has 0 aliphatic carbocycles. The third kappa shape index (κ3) is 4.08. The zero-order valence-corrected chi connectivity index (χ0v) is 18.5. The first-order chi connectivity index (χ1) is 14.6. The number of hydrogen-bond acceptors (Lipinski definition) is 4. The van der Waals surface area contributed by atoms with Crippen LogP contribution in [0.15, 0.2) is 61.1 Å². The summed E-state index contributed by atoms with van der Waals surface area (Å²) in [4.78, 5) is 13.5. The number of aryl methyl sites for hydroxylation is 1. The van der Waals surface area contributed by atoms with Gasteiger partial charge in [-0.3, -0.25) is 9.97 Å². The van der Waals surface area contributed by atoms with Crippen LogP contribution in [0.4, 0.5) is 0 Å². The molecule has 3 aromatic rings. The number of hydrogen-bond donors (Lipinski definition) is 1. The summed E-state index contributed by atoms with van der Waals surface area (Å²) >= 11 is 5.79. The van der Waals surface area contributed by atoms with Gasteiger partial charge in [0.15, 0.2) is 5.11 Å². The van der Waals surface area contributed by atoms with E-state index >= 15 is 0 Å². The maximum atomic E-state index is 5.79. The fourth-order valence-corrected chi connectivity index (χ4v) is 4.49. The Morgan fingerprint density at radius 3 is 2.67 bits per heavy atom. The lowest BCUT2D eigenvalue weighted by molar-refractivity contribution is 0.286. The molecule has 1 N–H and O–H groups in total. The van der Waals surface area contributed by atoms with E-state index in [2.05, 4.69) is 74.9 Å². The van der Waals surface area contributed by atoms with Crippen LogP contribution >= 0.6 is 12.2 Å². The molecule has 2 atom stereocenters. The van der Waals surface area contributed by atoms with Crippen LogP contribution in [0.1, 0.15) is 35.6 Å². The van der Waals surface area contributed by atoms with Crippen LogP contribution in [0.3, 0.4) is 0 Å². The van der Waals surface area contributed by atoms with Crippen LogP contribution in [-0.4, -0.2) is 56.6 Å². The molecule has 0 radical (unpaired) electrons. The van der Waals surface area contributed by atoms with E-state index < -0.39 is 0 Å². The van der Waals surface area contributed by atoms with Gasteiger partial charge in [0, 0.05) is 30.3 Å². The molecular formula is C23H28N6S. The highest BCUT2D eigenvalue weighted by molar-refractivity contribution is 7.80. The summed E-state index contributed by atoms with van der Waals surface area (Å²) in [5, 5.41) is 4.33. The SMILES string of the molecule is Cc1ccc([C@@H]2[C@H](c3ccccn3)NC(=S)N2CCCN(C)C)n1-c1cccnc1. The van der Waals surface area contributed by atoms with Crippen molar-refractivity contribution in [3.63, 3.8) is 0 Å². The smallest absolute Gasteiger partial charge is 0.170 e. The Kier molecular flexibility index (Phi) is 6.11. The first-order valence-corrected chi connectivity index (χ1v) is 10.7. The van der Waals surface area contributed by atoms with Crippen molar-refractivity contribution in [3.05, 3.63) is 78.1 Å². The maximum Gasteiger partial charge on any atom is 0.170 e. The summed E-state index contributed by atoms with van der Waals surface area (Å²) in [6, 6.07) is 14.5. The summed E-state index contributed by atoms with van der Waals surface area (Å²) in [7, 11) is 4.21. The third-order valence-electron chi connectivity index (χ3n) is 5.52. The Balaban J connectivity index is 1.77. The van der Waals surface area contributed by atoms with Crippen LogP contribution in [0.25, 0.3) is 5.69 Å². The monoisotopic (exact) mass is 420 g/mol. The Hall–Kier alpha value is -2.77. The highest BCUT2D eigenvalue weighted by atomic mass is 32.1. The van der Waals surface area contributed by atoms with Gasteiger partial charge in [0.05, 0.1) is 29.7 Å². The molecule has 3 aromatic heterocycles. The summed E-state index contributed by atoms with van der Waals surface area (Å²) in [6.07, 6.45) is 6.59. The summed E-state index contributed by atoms with van der Waals surface area (Å²) in [6.45, 7) is 4.03. The fraction of sp³-hybridized carbons (Fsp3) is 0.348. The molecule has 7 heteroatoms. The minimum atomic E-state index is -0.0113. The lowest BCUT2D eigenvalue weighted by Gasteiger charge is -2.29. The molecule has 1 aliphatic heterocycles. The molecule has 1 aliphatic rings. The number of rotatable bonds is 7. The molecule has 4 rings (SSSR count). The topological polar surface area (TPSA) is 49.2 Å². The van der Waals surface area contributed by atoms with E-state index in [9.17, 15) is 0 Å². The Labute approximate surface area is 183 Å². The van der Waals surface area contributed by atoms with Crippen LogP contribution in [0, 0.1) is 6.92 Å². The second kappa shape index (κ2) is 8.93. The van der Waals surface area contributed by atoms with Gasteiger partial charge in [0.2, 0.25) is 0 Å². The molecule has 0 spiro atoms. The minimum Gasteiger partial charge on any atom is -0.352 e. The van der Waals surface area contributed by atoms with Gasteiger partial charge >= 0.3 is 0 Å². The van der Waals surface area contributed by atoms with Crippen molar-refractivity contribution in [1.82, 2.24) is 29.7 Å². The molecule has 1 saturated heterocycles. The number of aromatic nitrogens is 3. The van der Waals surface area contributed by atoms with Gasteiger partial charge in [-0.2, -0.15) is 0 Å². The second-order valence-electron chi connectivity index (χ2n) is 7.92. The van der Waals surface area contributed by atoms with Crippen LogP contribution < -0.4 is 5.32 Å². The number of nitrogens with one attached hydrogen (secondary N) is 1. The van der Waals surface area contributed by atoms with E-state index in [0.717, 1.165) is 36.0 Å². The summed E-state index contributed by atoms with van der Waals surface area (Å²) < 4.78 is 2.28. The van der Waals surface area contributed by atoms with Gasteiger partial charge in [-0.15, -0.1) is 0 Å². The second-order valence-corrected chi connectivity index (χ2v) is 8.31. The van der Waals surface area contributed by atoms with Crippen molar-refractivity contribution >= 4 is 17.3 Å². The first kappa shape index (κ1) is 20.5. The molecule has 0 aromatic carbocycles. The Morgan fingerprint density at radius 1 is 1.10 bits per heavy atom. The van der Waals surface area contributed by atoms with E-state index in [4.69, 9.17) is 12.2 Å². The predicted molar refractivity (Wildman–Crippen MR) is 124 cm³/mol. The minimum absolute atomic E-state index is 0.0113.